The molecule has 26 heavy (non-hydrogen) atoms. The standard InChI is InChI=1S/C21H19N5/c1-15(2)26-14-17(16-10-12-22-13-19(16)26)18-7-3-4-9-21(24-18)25-20-8-5-6-11-23-20/h3,5-15H,1-2H3,(H,23,24,25). The summed E-state index contributed by atoms with van der Waals surface area (Å²) in [7, 11) is 0. The van der Waals surface area contributed by atoms with E-state index >= 15 is 0 Å². The van der Waals surface area contributed by atoms with Crippen molar-refractivity contribution in [3.8, 4) is 0 Å². The first-order valence-corrected chi connectivity index (χ1v) is 8.57. The van der Waals surface area contributed by atoms with Crippen LogP contribution >= 0.6 is 0 Å². The molecule has 0 saturated carbocycles. The van der Waals surface area contributed by atoms with Gasteiger partial charge in [0.2, 0.25) is 0 Å². The van der Waals surface area contributed by atoms with Crippen LogP contribution in [0.1, 0.15) is 25.5 Å². The van der Waals surface area contributed by atoms with Crippen molar-refractivity contribution >= 4 is 28.3 Å². The lowest BCUT2D eigenvalue weighted by Crippen LogP contribution is -2.19. The molecule has 1 aliphatic heterocycles. The van der Waals surface area contributed by atoms with Gasteiger partial charge >= 0.3 is 0 Å². The molecule has 128 valence electrons. The fraction of sp³-hybridized carbons (Fsp3) is 0.143. The van der Waals surface area contributed by atoms with Crippen LogP contribution in [-0.4, -0.2) is 20.4 Å². The molecule has 5 heteroatoms. The van der Waals surface area contributed by atoms with Gasteiger partial charge < -0.3 is 9.88 Å². The molecule has 0 aromatic carbocycles. The maximum absolute atomic E-state index is 4.57. The Bertz CT molecular complexity index is 1060. The molecule has 0 unspecified atom stereocenters. The quantitative estimate of drug-likeness (QED) is 0.719. The summed E-state index contributed by atoms with van der Waals surface area (Å²) in [5, 5.41) is 4.57. The zero-order valence-electron chi connectivity index (χ0n) is 14.7. The fourth-order valence-corrected chi connectivity index (χ4v) is 2.97. The minimum Gasteiger partial charge on any atom is -0.343 e. The van der Waals surface area contributed by atoms with Crippen LogP contribution in [-0.2, 0) is 0 Å². The number of fused-ring (bicyclic) bond motifs is 1. The number of amidine groups is 1. The van der Waals surface area contributed by atoms with Crippen LogP contribution in [0.25, 0.3) is 16.6 Å². The highest BCUT2D eigenvalue weighted by molar-refractivity contribution is 6.03. The topological polar surface area (TPSA) is 55.1 Å². The summed E-state index contributed by atoms with van der Waals surface area (Å²) >= 11 is 0. The van der Waals surface area contributed by atoms with Crippen LogP contribution in [0.4, 0.5) is 5.82 Å². The molecule has 1 aliphatic rings. The van der Waals surface area contributed by atoms with Gasteiger partial charge in [-0.2, -0.15) is 0 Å². The van der Waals surface area contributed by atoms with Gasteiger partial charge in [-0.15, -0.1) is 5.73 Å². The van der Waals surface area contributed by atoms with Crippen LogP contribution in [0.15, 0.2) is 78.0 Å². The molecule has 3 aromatic rings. The average Bonchev–Trinajstić information content (AvgIpc) is 2.90. The summed E-state index contributed by atoms with van der Waals surface area (Å²) in [5.41, 5.74) is 6.32. The van der Waals surface area contributed by atoms with E-state index < -0.39 is 0 Å². The molecule has 0 aliphatic carbocycles. The van der Waals surface area contributed by atoms with E-state index in [2.05, 4.69) is 50.6 Å². The lowest BCUT2D eigenvalue weighted by atomic mass is 10.1. The molecule has 0 fully saturated rings. The molecule has 0 spiro atoms. The third kappa shape index (κ3) is 3.08. The van der Waals surface area contributed by atoms with Crippen LogP contribution in [0.2, 0.25) is 0 Å². The lowest BCUT2D eigenvalue weighted by molar-refractivity contribution is 0.622. The first-order chi connectivity index (χ1) is 12.7. The van der Waals surface area contributed by atoms with Gasteiger partial charge in [0.15, 0.2) is 5.82 Å². The van der Waals surface area contributed by atoms with Gasteiger partial charge in [-0.25, -0.2) is 9.98 Å². The normalized spacial score (nSPS) is 15.3. The number of pyridine rings is 2. The van der Waals surface area contributed by atoms with E-state index in [1.807, 2.05) is 54.9 Å². The fourth-order valence-electron chi connectivity index (χ4n) is 2.97. The molecule has 0 radical (unpaired) electrons. The van der Waals surface area contributed by atoms with E-state index in [1.54, 1.807) is 6.20 Å². The average molecular weight is 341 g/mol. The summed E-state index contributed by atoms with van der Waals surface area (Å²) in [6, 6.07) is 8.06. The van der Waals surface area contributed by atoms with Gasteiger partial charge in [-0.1, -0.05) is 6.07 Å². The Morgan fingerprint density at radius 2 is 2.12 bits per heavy atom. The van der Waals surface area contributed by atoms with E-state index in [0.29, 0.717) is 17.7 Å². The van der Waals surface area contributed by atoms with Crippen molar-refractivity contribution in [2.45, 2.75) is 19.9 Å². The number of hydrogen-bond donors (Lipinski definition) is 1. The zero-order valence-corrected chi connectivity index (χ0v) is 14.7. The molecule has 4 heterocycles. The lowest BCUT2D eigenvalue weighted by Gasteiger charge is -2.09. The second-order valence-electron chi connectivity index (χ2n) is 6.30. The largest absolute Gasteiger partial charge is 0.343 e. The van der Waals surface area contributed by atoms with Crippen molar-refractivity contribution in [2.24, 2.45) is 4.99 Å². The van der Waals surface area contributed by atoms with Crippen molar-refractivity contribution in [1.82, 2.24) is 19.9 Å². The van der Waals surface area contributed by atoms with E-state index in [0.717, 1.165) is 22.2 Å². The molecule has 0 amide bonds. The molecular formula is C21H19N5. The Morgan fingerprint density at radius 3 is 2.92 bits per heavy atom. The number of allylic oxidation sites excluding steroid dienone is 1. The second kappa shape index (κ2) is 6.82. The summed E-state index contributed by atoms with van der Waals surface area (Å²) in [6.07, 6.45) is 13.3. The predicted octanol–water partition coefficient (Wildman–Crippen LogP) is 4.40. The Balaban J connectivity index is 1.78. The number of rotatable bonds is 3. The van der Waals surface area contributed by atoms with E-state index in [9.17, 15) is 0 Å². The number of aliphatic imine (C=N–C) groups is 1. The molecule has 0 saturated heterocycles. The van der Waals surface area contributed by atoms with Gasteiger partial charge in [0.1, 0.15) is 5.84 Å². The molecule has 3 aromatic heterocycles. The highest BCUT2D eigenvalue weighted by Gasteiger charge is 2.15. The Labute approximate surface area is 152 Å². The third-order valence-corrected chi connectivity index (χ3v) is 4.20. The maximum atomic E-state index is 4.57. The SMILES string of the molecule is CC(C)n1cc(C2=CC=C=CC(=Nc3ccccn3)N2)c2ccncc21. The first-order valence-electron chi connectivity index (χ1n) is 8.57. The van der Waals surface area contributed by atoms with Gasteiger partial charge in [-0.05, 0) is 44.2 Å². The van der Waals surface area contributed by atoms with Crippen LogP contribution in [0, 0.1) is 0 Å². The van der Waals surface area contributed by atoms with E-state index in [1.165, 1.54) is 0 Å². The molecule has 5 nitrogen and oxygen atoms in total. The summed E-state index contributed by atoms with van der Waals surface area (Å²) in [6.45, 7) is 4.33. The van der Waals surface area contributed by atoms with E-state index in [4.69, 9.17) is 0 Å². The van der Waals surface area contributed by atoms with Crippen molar-refractivity contribution in [3.63, 3.8) is 0 Å². The summed E-state index contributed by atoms with van der Waals surface area (Å²) in [5.74, 6) is 1.35. The highest BCUT2D eigenvalue weighted by Crippen LogP contribution is 2.28. The van der Waals surface area contributed by atoms with Crippen molar-refractivity contribution in [1.29, 1.82) is 0 Å². The Kier molecular flexibility index (Phi) is 4.22. The van der Waals surface area contributed by atoms with Gasteiger partial charge in [0.05, 0.1) is 11.7 Å². The number of nitrogens with zero attached hydrogens (tertiary/aromatic N) is 4. The molecule has 0 bridgehead atoms. The van der Waals surface area contributed by atoms with Crippen molar-refractivity contribution in [2.75, 3.05) is 0 Å². The molecule has 1 N–H and O–H groups in total. The van der Waals surface area contributed by atoms with Gasteiger partial charge in [0.25, 0.3) is 0 Å². The third-order valence-electron chi connectivity index (χ3n) is 4.20. The van der Waals surface area contributed by atoms with E-state index in [-0.39, 0.29) is 0 Å². The molecule has 4 rings (SSSR count). The number of aromatic nitrogens is 3. The number of hydrogen-bond acceptors (Lipinski definition) is 3. The van der Waals surface area contributed by atoms with Gasteiger partial charge in [0, 0.05) is 47.4 Å². The minimum absolute atomic E-state index is 0.345. The van der Waals surface area contributed by atoms with Crippen LogP contribution in [0.3, 0.4) is 0 Å². The summed E-state index contributed by atoms with van der Waals surface area (Å²) in [4.78, 5) is 13.1. The predicted molar refractivity (Wildman–Crippen MR) is 105 cm³/mol. The number of nitrogens with one attached hydrogen (secondary N) is 1. The first kappa shape index (κ1) is 16.1. The monoisotopic (exact) mass is 341 g/mol. The smallest absolute Gasteiger partial charge is 0.154 e. The highest BCUT2D eigenvalue weighted by atomic mass is 15.0. The second-order valence-corrected chi connectivity index (χ2v) is 6.30. The summed E-state index contributed by atoms with van der Waals surface area (Å²) < 4.78 is 2.23. The molecule has 0 atom stereocenters. The Morgan fingerprint density at radius 1 is 1.19 bits per heavy atom. The van der Waals surface area contributed by atoms with Crippen LogP contribution < -0.4 is 5.32 Å². The molecular weight excluding hydrogens is 322 g/mol. The van der Waals surface area contributed by atoms with Crippen molar-refractivity contribution in [3.05, 3.63) is 78.6 Å². The zero-order chi connectivity index (χ0) is 17.9. The van der Waals surface area contributed by atoms with Crippen molar-refractivity contribution < 1.29 is 0 Å². The minimum atomic E-state index is 0.345. The Hall–Kier alpha value is -3.43. The maximum Gasteiger partial charge on any atom is 0.154 e. The van der Waals surface area contributed by atoms with Gasteiger partial charge in [-0.3, -0.25) is 4.98 Å². The van der Waals surface area contributed by atoms with Crippen LogP contribution in [0.5, 0.6) is 0 Å².